The topological polar surface area (TPSA) is 62.1 Å². The summed E-state index contributed by atoms with van der Waals surface area (Å²) < 4.78 is 4.85. The molecule has 0 aliphatic heterocycles. The van der Waals surface area contributed by atoms with E-state index in [2.05, 4.69) is 5.18 Å². The van der Waals surface area contributed by atoms with Gasteiger partial charge in [0.2, 0.25) is 0 Å². The van der Waals surface area contributed by atoms with Crippen molar-refractivity contribution in [1.82, 2.24) is 4.90 Å². The number of nitroso groups, excluding NO2 is 1. The summed E-state index contributed by atoms with van der Waals surface area (Å²) >= 11 is 0. The van der Waals surface area contributed by atoms with Crippen molar-refractivity contribution in [2.45, 2.75) is 6.42 Å². The maximum absolute atomic E-state index is 9.92. The summed E-state index contributed by atoms with van der Waals surface area (Å²) in [6.45, 7) is 2.10. The average molecular weight is 176 g/mol. The van der Waals surface area contributed by atoms with Gasteiger partial charge in [-0.25, -0.2) is 0 Å². The molecule has 1 N–H and O–H groups in total. The van der Waals surface area contributed by atoms with Crippen molar-refractivity contribution in [3.63, 3.8) is 0 Å². The highest BCUT2D eigenvalue weighted by Crippen LogP contribution is 1.91. The molecule has 0 heterocycles. The zero-order chi connectivity index (χ0) is 9.23. The van der Waals surface area contributed by atoms with Crippen LogP contribution in [0.2, 0.25) is 0 Å². The summed E-state index contributed by atoms with van der Waals surface area (Å²) in [5, 5.41) is 11.4. The SMILES string of the molecule is COCCCN(CCO)CN=O. The lowest BCUT2D eigenvalue weighted by Crippen LogP contribution is -2.28. The second-order valence-electron chi connectivity index (χ2n) is 2.46. The Hall–Kier alpha value is -0.520. The Kier molecular flexibility index (Phi) is 8.20. The van der Waals surface area contributed by atoms with Crippen LogP contribution in [0, 0.1) is 4.91 Å². The molecule has 5 heteroatoms. The van der Waals surface area contributed by atoms with Gasteiger partial charge in [-0.15, -0.1) is 4.91 Å². The fourth-order valence-corrected chi connectivity index (χ4v) is 0.909. The fraction of sp³-hybridized carbons (Fsp3) is 1.00. The van der Waals surface area contributed by atoms with Gasteiger partial charge in [0.1, 0.15) is 6.67 Å². The van der Waals surface area contributed by atoms with Gasteiger partial charge in [0.25, 0.3) is 0 Å². The predicted molar refractivity (Wildman–Crippen MR) is 45.8 cm³/mol. The summed E-state index contributed by atoms with van der Waals surface area (Å²) in [7, 11) is 1.63. The third-order valence-electron chi connectivity index (χ3n) is 1.50. The maximum atomic E-state index is 9.92. The minimum absolute atomic E-state index is 0.0580. The number of aliphatic hydroxyl groups is 1. The Morgan fingerprint density at radius 3 is 2.75 bits per heavy atom. The van der Waals surface area contributed by atoms with Crippen LogP contribution < -0.4 is 0 Å². The van der Waals surface area contributed by atoms with Crippen LogP contribution in [-0.4, -0.2) is 50.1 Å². The van der Waals surface area contributed by atoms with Crippen LogP contribution in [0.1, 0.15) is 6.42 Å². The zero-order valence-corrected chi connectivity index (χ0v) is 7.40. The molecule has 0 atom stereocenters. The molecule has 0 spiro atoms. The highest BCUT2D eigenvalue weighted by atomic mass is 16.5. The zero-order valence-electron chi connectivity index (χ0n) is 7.40. The van der Waals surface area contributed by atoms with Gasteiger partial charge in [-0.2, -0.15) is 0 Å². The van der Waals surface area contributed by atoms with Gasteiger partial charge in [0.05, 0.1) is 6.61 Å². The smallest absolute Gasteiger partial charge is 0.134 e. The molecule has 0 saturated heterocycles. The monoisotopic (exact) mass is 176 g/mol. The van der Waals surface area contributed by atoms with Gasteiger partial charge in [0.15, 0.2) is 0 Å². The molecule has 0 saturated carbocycles. The van der Waals surface area contributed by atoms with E-state index in [0.717, 1.165) is 13.0 Å². The molecule has 0 bridgehead atoms. The Morgan fingerprint density at radius 2 is 2.25 bits per heavy atom. The Morgan fingerprint density at radius 1 is 1.50 bits per heavy atom. The van der Waals surface area contributed by atoms with E-state index in [1.807, 2.05) is 0 Å². The molecule has 0 unspecified atom stereocenters. The second-order valence-corrected chi connectivity index (χ2v) is 2.46. The van der Waals surface area contributed by atoms with Gasteiger partial charge in [-0.1, -0.05) is 5.18 Å². The van der Waals surface area contributed by atoms with E-state index in [0.29, 0.717) is 13.2 Å². The highest BCUT2D eigenvalue weighted by Gasteiger charge is 2.02. The predicted octanol–water partition coefficient (Wildman–Crippen LogP) is 0.0411. The fourth-order valence-electron chi connectivity index (χ4n) is 0.909. The van der Waals surface area contributed by atoms with Gasteiger partial charge >= 0.3 is 0 Å². The minimum Gasteiger partial charge on any atom is -0.395 e. The van der Waals surface area contributed by atoms with Crippen LogP contribution in [0.4, 0.5) is 0 Å². The van der Waals surface area contributed by atoms with E-state index in [-0.39, 0.29) is 13.3 Å². The van der Waals surface area contributed by atoms with Crippen molar-refractivity contribution in [3.05, 3.63) is 4.91 Å². The first-order chi connectivity index (χ1) is 5.85. The quantitative estimate of drug-likeness (QED) is 0.419. The van der Waals surface area contributed by atoms with Gasteiger partial charge in [-0.05, 0) is 6.42 Å². The Labute approximate surface area is 72.3 Å². The third kappa shape index (κ3) is 6.21. The van der Waals surface area contributed by atoms with Gasteiger partial charge in [-0.3, -0.25) is 4.90 Å². The summed E-state index contributed by atoms with van der Waals surface area (Å²) in [5.41, 5.74) is 0. The van der Waals surface area contributed by atoms with Crippen molar-refractivity contribution >= 4 is 0 Å². The molecule has 0 aromatic heterocycles. The molecule has 0 aromatic rings. The summed E-state index contributed by atoms with van der Waals surface area (Å²) in [6.07, 6.45) is 0.853. The highest BCUT2D eigenvalue weighted by molar-refractivity contribution is 4.54. The van der Waals surface area contributed by atoms with Crippen molar-refractivity contribution in [1.29, 1.82) is 0 Å². The molecular formula is C7H16N2O3. The molecular weight excluding hydrogens is 160 g/mol. The minimum atomic E-state index is 0.0580. The van der Waals surface area contributed by atoms with Crippen LogP contribution >= 0.6 is 0 Å². The lowest BCUT2D eigenvalue weighted by Gasteiger charge is -2.16. The first kappa shape index (κ1) is 11.5. The van der Waals surface area contributed by atoms with E-state index in [9.17, 15) is 4.91 Å². The molecule has 5 nitrogen and oxygen atoms in total. The molecule has 0 aromatic carbocycles. The Balaban J connectivity index is 3.40. The Bertz CT molecular complexity index is 111. The summed E-state index contributed by atoms with van der Waals surface area (Å²) in [6, 6.07) is 0. The number of methoxy groups -OCH3 is 1. The number of hydrogen-bond donors (Lipinski definition) is 1. The molecule has 72 valence electrons. The normalized spacial score (nSPS) is 10.6. The molecule has 0 rings (SSSR count). The first-order valence-electron chi connectivity index (χ1n) is 3.96. The number of hydrogen-bond acceptors (Lipinski definition) is 5. The van der Waals surface area contributed by atoms with E-state index in [1.54, 1.807) is 12.0 Å². The molecule has 0 radical (unpaired) electrons. The molecule has 0 fully saturated rings. The third-order valence-corrected chi connectivity index (χ3v) is 1.50. The summed E-state index contributed by atoms with van der Waals surface area (Å²) in [4.78, 5) is 11.7. The first-order valence-corrected chi connectivity index (χ1v) is 3.96. The molecule has 12 heavy (non-hydrogen) atoms. The molecule has 0 aliphatic rings. The van der Waals surface area contributed by atoms with Crippen molar-refractivity contribution in [2.75, 3.05) is 40.1 Å². The maximum Gasteiger partial charge on any atom is 0.134 e. The average Bonchev–Trinajstić information content (AvgIpc) is 2.06. The lowest BCUT2D eigenvalue weighted by molar-refractivity contribution is 0.157. The van der Waals surface area contributed by atoms with E-state index in [4.69, 9.17) is 9.84 Å². The van der Waals surface area contributed by atoms with Crippen molar-refractivity contribution < 1.29 is 9.84 Å². The van der Waals surface area contributed by atoms with Crippen LogP contribution in [-0.2, 0) is 4.74 Å². The van der Waals surface area contributed by atoms with E-state index < -0.39 is 0 Å². The standard InChI is InChI=1S/C7H16N2O3/c1-12-6-2-3-9(4-5-10)7-8-11/h10H,2-7H2,1H3. The van der Waals surface area contributed by atoms with E-state index in [1.165, 1.54) is 0 Å². The second kappa shape index (κ2) is 8.58. The van der Waals surface area contributed by atoms with Crippen molar-refractivity contribution in [2.24, 2.45) is 5.18 Å². The van der Waals surface area contributed by atoms with Gasteiger partial charge < -0.3 is 9.84 Å². The van der Waals surface area contributed by atoms with Crippen LogP contribution in [0.3, 0.4) is 0 Å². The van der Waals surface area contributed by atoms with Crippen molar-refractivity contribution in [3.8, 4) is 0 Å². The number of ether oxygens (including phenoxy) is 1. The van der Waals surface area contributed by atoms with Crippen LogP contribution in [0.25, 0.3) is 0 Å². The van der Waals surface area contributed by atoms with Crippen LogP contribution in [0.5, 0.6) is 0 Å². The largest absolute Gasteiger partial charge is 0.395 e. The van der Waals surface area contributed by atoms with Crippen LogP contribution in [0.15, 0.2) is 5.18 Å². The molecule has 0 aliphatic carbocycles. The van der Waals surface area contributed by atoms with Gasteiger partial charge in [0, 0.05) is 26.8 Å². The molecule has 0 amide bonds. The van der Waals surface area contributed by atoms with E-state index >= 15 is 0 Å². The number of nitrogens with zero attached hydrogens (tertiary/aromatic N) is 2. The number of aliphatic hydroxyl groups excluding tert-OH is 1. The lowest BCUT2D eigenvalue weighted by atomic mass is 10.4. The summed E-state index contributed by atoms with van der Waals surface area (Å²) in [5.74, 6) is 0. The number of rotatable bonds is 8.